The molecule has 0 saturated heterocycles. The van der Waals surface area contributed by atoms with Crippen LogP contribution in [0.3, 0.4) is 0 Å². The van der Waals surface area contributed by atoms with Gasteiger partial charge in [0.1, 0.15) is 0 Å². The first kappa shape index (κ1) is 24.2. The summed E-state index contributed by atoms with van der Waals surface area (Å²) in [6.07, 6.45) is 6.56. The normalized spacial score (nSPS) is 14.3. The van der Waals surface area contributed by atoms with Crippen molar-refractivity contribution in [3.8, 4) is 0 Å². The van der Waals surface area contributed by atoms with Crippen LogP contribution in [0, 0.1) is 11.8 Å². The number of hydrogen-bond donors (Lipinski definition) is 3. The minimum atomic E-state index is -0.925. The summed E-state index contributed by atoms with van der Waals surface area (Å²) >= 11 is 0. The standard InChI is InChI=1S/C9H18O3.C9H18O2/c1-3-4-7(2)5-8(10)6-9(11)12;1-3-5-8(2)6-4-7-9(10)11/h7-8,10H,3-6H2,1-2H3,(H,11,12);8H,3-7H2,1-2H3,(H,10,11). The Morgan fingerprint density at radius 2 is 1.39 bits per heavy atom. The molecule has 0 amide bonds. The number of carbonyl (C=O) groups is 2. The van der Waals surface area contributed by atoms with Crippen molar-refractivity contribution in [3.05, 3.63) is 0 Å². The van der Waals surface area contributed by atoms with E-state index in [0.29, 0.717) is 24.7 Å². The van der Waals surface area contributed by atoms with Crippen LogP contribution >= 0.6 is 0 Å². The lowest BCUT2D eigenvalue weighted by molar-refractivity contribution is -0.139. The molecule has 0 aromatic heterocycles. The van der Waals surface area contributed by atoms with Crippen LogP contribution in [-0.4, -0.2) is 33.4 Å². The van der Waals surface area contributed by atoms with Gasteiger partial charge in [-0.15, -0.1) is 0 Å². The first-order chi connectivity index (χ1) is 10.7. The van der Waals surface area contributed by atoms with Crippen molar-refractivity contribution in [2.24, 2.45) is 11.8 Å². The summed E-state index contributed by atoms with van der Waals surface area (Å²) in [4.78, 5) is 20.3. The van der Waals surface area contributed by atoms with Crippen molar-refractivity contribution in [2.75, 3.05) is 0 Å². The Hall–Kier alpha value is -1.10. The Kier molecular flexibility index (Phi) is 16.6. The van der Waals surface area contributed by atoms with Gasteiger partial charge in [-0.1, -0.05) is 59.8 Å². The molecule has 0 aromatic carbocycles. The average Bonchev–Trinajstić information content (AvgIpc) is 2.38. The quantitative estimate of drug-likeness (QED) is 0.494. The van der Waals surface area contributed by atoms with E-state index in [-0.39, 0.29) is 6.42 Å². The number of carboxylic acids is 2. The summed E-state index contributed by atoms with van der Waals surface area (Å²) in [7, 11) is 0. The fourth-order valence-corrected chi connectivity index (χ4v) is 2.60. The average molecular weight is 332 g/mol. The highest BCUT2D eigenvalue weighted by molar-refractivity contribution is 5.67. The van der Waals surface area contributed by atoms with Crippen LogP contribution in [0.25, 0.3) is 0 Å². The van der Waals surface area contributed by atoms with E-state index in [9.17, 15) is 14.7 Å². The zero-order chi connectivity index (χ0) is 18.3. The van der Waals surface area contributed by atoms with E-state index in [2.05, 4.69) is 20.8 Å². The molecule has 5 heteroatoms. The fraction of sp³-hybridized carbons (Fsp3) is 0.889. The molecule has 5 nitrogen and oxygen atoms in total. The van der Waals surface area contributed by atoms with Gasteiger partial charge in [-0.05, 0) is 24.7 Å². The fourth-order valence-electron chi connectivity index (χ4n) is 2.60. The van der Waals surface area contributed by atoms with Crippen molar-refractivity contribution in [1.29, 1.82) is 0 Å². The molecule has 0 aliphatic heterocycles. The summed E-state index contributed by atoms with van der Waals surface area (Å²) in [5.41, 5.74) is 0. The molecule has 3 unspecified atom stereocenters. The van der Waals surface area contributed by atoms with Crippen molar-refractivity contribution in [2.45, 2.75) is 91.6 Å². The van der Waals surface area contributed by atoms with E-state index in [0.717, 1.165) is 25.7 Å². The molecule has 0 aromatic rings. The minimum absolute atomic E-state index is 0.131. The first-order valence-electron chi connectivity index (χ1n) is 8.84. The second-order valence-electron chi connectivity index (χ2n) is 6.56. The lowest BCUT2D eigenvalue weighted by atomic mass is 9.97. The Balaban J connectivity index is 0. The molecule has 138 valence electrons. The molecular formula is C18H36O5. The van der Waals surface area contributed by atoms with E-state index in [1.165, 1.54) is 12.8 Å². The number of rotatable bonds is 12. The smallest absolute Gasteiger partial charge is 0.305 e. The molecule has 0 aliphatic carbocycles. The summed E-state index contributed by atoms with van der Waals surface area (Å²) < 4.78 is 0. The largest absolute Gasteiger partial charge is 0.481 e. The molecule has 0 fully saturated rings. The number of aliphatic hydroxyl groups excluding tert-OH is 1. The third kappa shape index (κ3) is 20.9. The summed E-state index contributed by atoms with van der Waals surface area (Å²) in [6, 6.07) is 0. The molecule has 0 saturated carbocycles. The number of aliphatic hydroxyl groups is 1. The molecule has 0 rings (SSSR count). The molecule has 3 atom stereocenters. The summed E-state index contributed by atoms with van der Waals surface area (Å²) in [5.74, 6) is -0.483. The molecule has 0 aliphatic rings. The van der Waals surface area contributed by atoms with Crippen LogP contribution in [0.15, 0.2) is 0 Å². The molecule has 0 bridgehead atoms. The van der Waals surface area contributed by atoms with Crippen molar-refractivity contribution < 1.29 is 24.9 Å². The number of hydrogen-bond acceptors (Lipinski definition) is 3. The Bertz CT molecular complexity index is 304. The van der Waals surface area contributed by atoms with Crippen molar-refractivity contribution in [1.82, 2.24) is 0 Å². The van der Waals surface area contributed by atoms with E-state index in [4.69, 9.17) is 10.2 Å². The minimum Gasteiger partial charge on any atom is -0.481 e. The van der Waals surface area contributed by atoms with Crippen molar-refractivity contribution in [3.63, 3.8) is 0 Å². The lowest BCUT2D eigenvalue weighted by Gasteiger charge is -2.13. The maximum atomic E-state index is 10.2. The Morgan fingerprint density at radius 1 is 0.870 bits per heavy atom. The van der Waals surface area contributed by atoms with E-state index in [1.807, 2.05) is 6.92 Å². The van der Waals surface area contributed by atoms with Crippen LogP contribution in [-0.2, 0) is 9.59 Å². The van der Waals surface area contributed by atoms with Crippen LogP contribution in [0.4, 0.5) is 0 Å². The number of carboxylic acid groups (broad SMARTS) is 2. The van der Waals surface area contributed by atoms with Gasteiger partial charge in [-0.25, -0.2) is 0 Å². The van der Waals surface area contributed by atoms with Crippen LogP contribution < -0.4 is 0 Å². The van der Waals surface area contributed by atoms with Gasteiger partial charge in [-0.3, -0.25) is 9.59 Å². The highest BCUT2D eigenvalue weighted by atomic mass is 16.4. The highest BCUT2D eigenvalue weighted by Gasteiger charge is 2.12. The second kappa shape index (κ2) is 15.8. The first-order valence-corrected chi connectivity index (χ1v) is 8.84. The summed E-state index contributed by atoms with van der Waals surface area (Å²) in [6.45, 7) is 8.47. The van der Waals surface area contributed by atoms with Crippen molar-refractivity contribution >= 4 is 11.9 Å². The number of aliphatic carboxylic acids is 2. The van der Waals surface area contributed by atoms with Gasteiger partial charge in [0, 0.05) is 6.42 Å². The SMILES string of the molecule is CCCC(C)CC(O)CC(=O)O.CCCC(C)CCCC(=O)O. The summed E-state index contributed by atoms with van der Waals surface area (Å²) in [5, 5.41) is 26.0. The van der Waals surface area contributed by atoms with Crippen LogP contribution in [0.2, 0.25) is 0 Å². The molecule has 23 heavy (non-hydrogen) atoms. The van der Waals surface area contributed by atoms with Gasteiger partial charge >= 0.3 is 11.9 Å². The Morgan fingerprint density at radius 3 is 1.83 bits per heavy atom. The van der Waals surface area contributed by atoms with E-state index < -0.39 is 18.0 Å². The van der Waals surface area contributed by atoms with Gasteiger partial charge in [0.25, 0.3) is 0 Å². The second-order valence-corrected chi connectivity index (χ2v) is 6.56. The molecule has 0 radical (unpaired) electrons. The molecular weight excluding hydrogens is 296 g/mol. The highest BCUT2D eigenvalue weighted by Crippen LogP contribution is 2.14. The predicted molar refractivity (Wildman–Crippen MR) is 92.5 cm³/mol. The van der Waals surface area contributed by atoms with Gasteiger partial charge in [-0.2, -0.15) is 0 Å². The Labute approximate surface area is 141 Å². The van der Waals surface area contributed by atoms with E-state index >= 15 is 0 Å². The maximum Gasteiger partial charge on any atom is 0.305 e. The van der Waals surface area contributed by atoms with Gasteiger partial charge in [0.05, 0.1) is 12.5 Å². The van der Waals surface area contributed by atoms with Gasteiger partial charge < -0.3 is 15.3 Å². The van der Waals surface area contributed by atoms with Crippen LogP contribution in [0.5, 0.6) is 0 Å². The topological polar surface area (TPSA) is 94.8 Å². The third-order valence-corrected chi connectivity index (χ3v) is 3.74. The molecule has 0 spiro atoms. The molecule has 0 heterocycles. The maximum absolute atomic E-state index is 10.2. The third-order valence-electron chi connectivity index (χ3n) is 3.74. The van der Waals surface area contributed by atoms with Gasteiger partial charge in [0.15, 0.2) is 0 Å². The van der Waals surface area contributed by atoms with E-state index in [1.54, 1.807) is 0 Å². The lowest BCUT2D eigenvalue weighted by Crippen LogP contribution is -2.16. The predicted octanol–water partition coefficient (Wildman–Crippen LogP) is 4.33. The van der Waals surface area contributed by atoms with Crippen LogP contribution in [0.1, 0.15) is 85.5 Å². The zero-order valence-corrected chi connectivity index (χ0v) is 15.3. The zero-order valence-electron chi connectivity index (χ0n) is 15.3. The molecule has 3 N–H and O–H groups in total. The van der Waals surface area contributed by atoms with Gasteiger partial charge in [0.2, 0.25) is 0 Å². The monoisotopic (exact) mass is 332 g/mol.